The lowest BCUT2D eigenvalue weighted by atomic mass is 10.1. The van der Waals surface area contributed by atoms with Crippen LogP contribution >= 0.6 is 0 Å². The highest BCUT2D eigenvalue weighted by Crippen LogP contribution is 2.35. The Morgan fingerprint density at radius 3 is 2.48 bits per heavy atom. The third kappa shape index (κ3) is 6.04. The molecule has 0 bridgehead atoms. The summed E-state index contributed by atoms with van der Waals surface area (Å²) >= 11 is 0. The van der Waals surface area contributed by atoms with Crippen molar-refractivity contribution in [3.8, 4) is 0 Å². The number of esters is 1. The Bertz CT molecular complexity index is 1020. The molecule has 2 rings (SSSR count). The predicted octanol–water partition coefficient (Wildman–Crippen LogP) is 2.25. The van der Waals surface area contributed by atoms with Crippen LogP contribution < -0.4 is 10.6 Å². The van der Waals surface area contributed by atoms with E-state index in [1.807, 2.05) is 5.32 Å². The van der Waals surface area contributed by atoms with Crippen molar-refractivity contribution in [2.75, 3.05) is 11.9 Å². The van der Waals surface area contributed by atoms with Gasteiger partial charge >= 0.3 is 12.1 Å². The molecule has 0 fully saturated rings. The average molecular weight is 442 g/mol. The van der Waals surface area contributed by atoms with E-state index in [0.717, 1.165) is 6.07 Å². The lowest BCUT2D eigenvalue weighted by Gasteiger charge is -2.15. The number of benzene rings is 1. The van der Waals surface area contributed by atoms with E-state index >= 15 is 0 Å². The van der Waals surface area contributed by atoms with Gasteiger partial charge in [-0.15, -0.1) is 0 Å². The zero-order chi connectivity index (χ0) is 23.3. The molecule has 0 saturated carbocycles. The standard InChI is InChI=1S/C18H17F3N4O6/c1-10(22-12-6-5-11(18(19,20)21)8-14(12)25(29)30)17(28)31-9-15(26)23-16(27)13-4-3-7-24(13)2/h3-8,10,22H,9H2,1-2H3,(H,23,26,27). The molecule has 2 amide bonds. The van der Waals surface area contributed by atoms with Crippen molar-refractivity contribution in [3.05, 3.63) is 57.9 Å². The minimum absolute atomic E-state index is 0.198. The van der Waals surface area contributed by atoms with Crippen molar-refractivity contribution in [2.24, 2.45) is 7.05 Å². The lowest BCUT2D eigenvalue weighted by molar-refractivity contribution is -0.384. The number of imide groups is 1. The molecular formula is C18H17F3N4O6. The van der Waals surface area contributed by atoms with Crippen molar-refractivity contribution < 1.29 is 37.2 Å². The summed E-state index contributed by atoms with van der Waals surface area (Å²) in [4.78, 5) is 45.8. The molecule has 2 N–H and O–H groups in total. The molecule has 1 aromatic heterocycles. The normalized spacial score (nSPS) is 12.0. The summed E-state index contributed by atoms with van der Waals surface area (Å²) in [5.41, 5.74) is -2.25. The zero-order valence-corrected chi connectivity index (χ0v) is 16.2. The van der Waals surface area contributed by atoms with Gasteiger partial charge in [-0.3, -0.25) is 25.0 Å². The number of nitrogens with zero attached hydrogens (tertiary/aromatic N) is 2. The molecule has 0 aliphatic heterocycles. The molecule has 2 aromatic rings. The third-order valence-corrected chi connectivity index (χ3v) is 4.02. The minimum Gasteiger partial charge on any atom is -0.454 e. The van der Waals surface area contributed by atoms with Crippen LogP contribution in [0.4, 0.5) is 24.5 Å². The van der Waals surface area contributed by atoms with E-state index in [1.165, 1.54) is 17.6 Å². The van der Waals surface area contributed by atoms with Gasteiger partial charge in [0.2, 0.25) is 0 Å². The molecule has 0 spiro atoms. The molecule has 166 valence electrons. The summed E-state index contributed by atoms with van der Waals surface area (Å²) in [6.45, 7) is 0.423. The maximum Gasteiger partial charge on any atom is 0.416 e. The van der Waals surface area contributed by atoms with Crippen LogP contribution in [0, 0.1) is 10.1 Å². The van der Waals surface area contributed by atoms with Crippen LogP contribution in [-0.4, -0.2) is 39.9 Å². The van der Waals surface area contributed by atoms with Gasteiger partial charge in [-0.1, -0.05) is 0 Å². The summed E-state index contributed by atoms with van der Waals surface area (Å²) in [6, 6.07) is 3.59. The Kier molecular flexibility index (Phi) is 7.00. The van der Waals surface area contributed by atoms with Crippen LogP contribution in [0.3, 0.4) is 0 Å². The number of carbonyl (C=O) groups excluding carboxylic acids is 3. The molecule has 1 atom stereocenters. The molecule has 1 heterocycles. The van der Waals surface area contributed by atoms with Gasteiger partial charge in [-0.05, 0) is 31.2 Å². The highest BCUT2D eigenvalue weighted by molar-refractivity contribution is 6.04. The van der Waals surface area contributed by atoms with Crippen LogP contribution in [0.15, 0.2) is 36.5 Å². The Balaban J connectivity index is 1.96. The molecule has 13 heteroatoms. The van der Waals surface area contributed by atoms with E-state index in [9.17, 15) is 37.7 Å². The molecule has 31 heavy (non-hydrogen) atoms. The quantitative estimate of drug-likeness (QED) is 0.382. The van der Waals surface area contributed by atoms with Crippen molar-refractivity contribution >= 4 is 29.2 Å². The van der Waals surface area contributed by atoms with Gasteiger partial charge in [0.15, 0.2) is 6.61 Å². The number of anilines is 1. The molecule has 0 aliphatic carbocycles. The highest BCUT2D eigenvalue weighted by atomic mass is 19.4. The number of rotatable bonds is 7. The number of ether oxygens (including phenoxy) is 1. The number of amides is 2. The van der Waals surface area contributed by atoms with Crippen LogP contribution in [0.5, 0.6) is 0 Å². The summed E-state index contributed by atoms with van der Waals surface area (Å²) in [5, 5.41) is 15.5. The van der Waals surface area contributed by atoms with E-state index in [0.29, 0.717) is 12.1 Å². The maximum atomic E-state index is 12.8. The second-order valence-corrected chi connectivity index (χ2v) is 6.34. The minimum atomic E-state index is -4.78. The zero-order valence-electron chi connectivity index (χ0n) is 16.2. The first kappa shape index (κ1) is 23.4. The highest BCUT2D eigenvalue weighted by Gasteiger charge is 2.33. The van der Waals surface area contributed by atoms with E-state index in [2.05, 4.69) is 5.32 Å². The number of alkyl halides is 3. The number of aromatic nitrogens is 1. The topological polar surface area (TPSA) is 133 Å². The van der Waals surface area contributed by atoms with Crippen molar-refractivity contribution in [2.45, 2.75) is 19.1 Å². The second-order valence-electron chi connectivity index (χ2n) is 6.34. The smallest absolute Gasteiger partial charge is 0.416 e. The second kappa shape index (κ2) is 9.28. The summed E-state index contributed by atoms with van der Waals surface area (Å²) in [7, 11) is 1.59. The Hall–Kier alpha value is -3.90. The number of hydrogen-bond acceptors (Lipinski definition) is 7. The number of halogens is 3. The van der Waals surface area contributed by atoms with Crippen molar-refractivity contribution in [1.29, 1.82) is 0 Å². The first-order valence-corrected chi connectivity index (χ1v) is 8.64. The monoisotopic (exact) mass is 442 g/mol. The first-order valence-electron chi connectivity index (χ1n) is 8.64. The summed E-state index contributed by atoms with van der Waals surface area (Å²) in [6.07, 6.45) is -3.19. The molecule has 0 aliphatic rings. The molecule has 0 saturated heterocycles. The van der Waals surface area contributed by atoms with Crippen molar-refractivity contribution in [3.63, 3.8) is 0 Å². The van der Waals surface area contributed by atoms with Crippen LogP contribution in [0.1, 0.15) is 23.0 Å². The summed E-state index contributed by atoms with van der Waals surface area (Å²) < 4.78 is 44.5. The largest absolute Gasteiger partial charge is 0.454 e. The maximum absolute atomic E-state index is 12.8. The summed E-state index contributed by atoms with van der Waals surface area (Å²) in [5.74, 6) is -2.64. The van der Waals surface area contributed by atoms with Crippen LogP contribution in [-0.2, 0) is 27.5 Å². The van der Waals surface area contributed by atoms with E-state index in [4.69, 9.17) is 4.74 Å². The number of hydrogen-bond donors (Lipinski definition) is 2. The van der Waals surface area contributed by atoms with Crippen LogP contribution in [0.2, 0.25) is 0 Å². The Labute approximate surface area is 173 Å². The van der Waals surface area contributed by atoms with Gasteiger partial charge in [0.05, 0.1) is 10.5 Å². The average Bonchev–Trinajstić information content (AvgIpc) is 3.11. The van der Waals surface area contributed by atoms with Gasteiger partial charge in [0.25, 0.3) is 17.5 Å². The van der Waals surface area contributed by atoms with Gasteiger partial charge in [0, 0.05) is 19.3 Å². The van der Waals surface area contributed by atoms with Crippen LogP contribution in [0.25, 0.3) is 0 Å². The Morgan fingerprint density at radius 2 is 1.94 bits per heavy atom. The number of nitro benzene ring substituents is 1. The third-order valence-electron chi connectivity index (χ3n) is 4.02. The number of aryl methyl sites for hydroxylation is 1. The molecular weight excluding hydrogens is 425 g/mol. The molecule has 10 nitrogen and oxygen atoms in total. The van der Waals surface area contributed by atoms with E-state index in [-0.39, 0.29) is 11.4 Å². The SMILES string of the molecule is CC(Nc1ccc(C(F)(F)F)cc1[N+](=O)[O-])C(=O)OCC(=O)NC(=O)c1cccn1C. The number of nitro groups is 1. The number of carbonyl (C=O) groups is 3. The Morgan fingerprint density at radius 1 is 1.26 bits per heavy atom. The van der Waals surface area contributed by atoms with Gasteiger partial charge < -0.3 is 14.6 Å². The first-order chi connectivity index (χ1) is 14.4. The molecule has 0 radical (unpaired) electrons. The predicted molar refractivity (Wildman–Crippen MR) is 100 cm³/mol. The number of nitrogens with one attached hydrogen (secondary N) is 2. The van der Waals surface area contributed by atoms with Gasteiger partial charge in [-0.25, -0.2) is 4.79 Å². The molecule has 1 unspecified atom stereocenters. The lowest BCUT2D eigenvalue weighted by Crippen LogP contribution is -2.37. The van der Waals surface area contributed by atoms with Crippen molar-refractivity contribution in [1.82, 2.24) is 9.88 Å². The van der Waals surface area contributed by atoms with Gasteiger partial charge in [-0.2, -0.15) is 13.2 Å². The fourth-order valence-corrected chi connectivity index (χ4v) is 2.46. The molecule has 1 aromatic carbocycles. The fraction of sp³-hybridized carbons (Fsp3) is 0.278. The van der Waals surface area contributed by atoms with Gasteiger partial charge in [0.1, 0.15) is 17.4 Å². The van der Waals surface area contributed by atoms with E-state index < -0.39 is 52.8 Å². The fourth-order valence-electron chi connectivity index (χ4n) is 2.46. The van der Waals surface area contributed by atoms with E-state index in [1.54, 1.807) is 19.3 Å².